The van der Waals surface area contributed by atoms with E-state index in [1.54, 1.807) is 58.0 Å². The van der Waals surface area contributed by atoms with Crippen LogP contribution in [0.2, 0.25) is 0 Å². The number of benzene rings is 3. The van der Waals surface area contributed by atoms with Gasteiger partial charge in [0.25, 0.3) is 11.8 Å². The number of likely N-dealkylation sites (N-methyl/N-ethyl adjacent to an activating group) is 1. The number of ether oxygens (including phenoxy) is 2. The van der Waals surface area contributed by atoms with E-state index < -0.39 is 47.0 Å². The van der Waals surface area contributed by atoms with Gasteiger partial charge in [-0.25, -0.2) is 4.79 Å². The maximum Gasteiger partial charge on any atom is 0.410 e. The van der Waals surface area contributed by atoms with Crippen molar-refractivity contribution in [3.63, 3.8) is 0 Å². The molecule has 0 aromatic heterocycles. The summed E-state index contributed by atoms with van der Waals surface area (Å²) < 4.78 is 11.5. The van der Waals surface area contributed by atoms with Crippen molar-refractivity contribution >= 4 is 35.6 Å². The number of aryl methyl sites for hydroxylation is 1. The Bertz CT molecular complexity index is 2070. The first-order valence-electron chi connectivity index (χ1n) is 20.0. The van der Waals surface area contributed by atoms with Gasteiger partial charge in [0.15, 0.2) is 0 Å². The first-order valence-corrected chi connectivity index (χ1v) is 20.0. The number of rotatable bonds is 10. The molecule has 2 N–H and O–H groups in total. The minimum absolute atomic E-state index is 0.0504. The van der Waals surface area contributed by atoms with Gasteiger partial charge < -0.3 is 25.0 Å². The van der Waals surface area contributed by atoms with Crippen molar-refractivity contribution in [1.29, 1.82) is 0 Å². The summed E-state index contributed by atoms with van der Waals surface area (Å²) in [5.41, 5.74) is 3.06. The molecule has 2 heterocycles. The summed E-state index contributed by atoms with van der Waals surface area (Å²) in [6, 6.07) is 17.1. The Morgan fingerprint density at radius 3 is 2.19 bits per heavy atom. The fourth-order valence-electron chi connectivity index (χ4n) is 7.73. The third-order valence-corrected chi connectivity index (χ3v) is 11.1. The molecular weight excluding hydrogens is 739 g/mol. The van der Waals surface area contributed by atoms with Crippen molar-refractivity contribution in [2.45, 2.75) is 110 Å². The zero-order valence-electron chi connectivity index (χ0n) is 34.7. The summed E-state index contributed by atoms with van der Waals surface area (Å²) in [6.07, 6.45) is 2.16. The van der Waals surface area contributed by atoms with Crippen LogP contribution in [0.1, 0.15) is 110 Å². The number of hydrogen-bond donors (Lipinski definition) is 2. The fraction of sp³-hybridized carbons (Fsp3) is 0.467. The highest BCUT2D eigenvalue weighted by molar-refractivity contribution is 6.21. The molecule has 1 aliphatic carbocycles. The minimum Gasteiger partial charge on any atom is -0.492 e. The number of fused-ring (bicyclic) bond motifs is 3. The van der Waals surface area contributed by atoms with Crippen molar-refractivity contribution in [3.05, 3.63) is 100 Å². The van der Waals surface area contributed by atoms with E-state index >= 15 is 0 Å². The van der Waals surface area contributed by atoms with Crippen molar-refractivity contribution in [3.8, 4) is 5.75 Å². The topological polar surface area (TPSA) is 155 Å². The molecule has 0 radical (unpaired) electrons. The Morgan fingerprint density at radius 1 is 0.879 bits per heavy atom. The van der Waals surface area contributed by atoms with Gasteiger partial charge in [0.05, 0.1) is 23.7 Å². The SMILES string of the molecule is C[C@@H](C(=O)N[C@H](C(=O)N1Cc2cc(OCCN3C(=O)c4ccccc4C3=O)ccc2CC1C(=O)NC1CCCc2ccccc21)C(C)(C)C)N(C)C(=O)OC(C)(C)C. The van der Waals surface area contributed by atoms with Gasteiger partial charge in [-0.1, -0.05) is 63.2 Å². The minimum atomic E-state index is -1.07. The smallest absolute Gasteiger partial charge is 0.410 e. The van der Waals surface area contributed by atoms with Crippen LogP contribution in [0.25, 0.3) is 0 Å². The predicted molar refractivity (Wildman–Crippen MR) is 217 cm³/mol. The summed E-state index contributed by atoms with van der Waals surface area (Å²) in [6.45, 7) is 12.4. The number of nitrogens with one attached hydrogen (secondary N) is 2. The highest BCUT2D eigenvalue weighted by Gasteiger charge is 2.44. The average molecular weight is 794 g/mol. The maximum absolute atomic E-state index is 14.9. The number of carbonyl (C=O) groups excluding carboxylic acids is 6. The second-order valence-electron chi connectivity index (χ2n) is 17.5. The molecule has 308 valence electrons. The lowest BCUT2D eigenvalue weighted by Crippen LogP contribution is -2.62. The molecule has 2 unspecified atom stereocenters. The zero-order valence-corrected chi connectivity index (χ0v) is 34.7. The van der Waals surface area contributed by atoms with E-state index in [4.69, 9.17) is 9.47 Å². The molecule has 6 amide bonds. The predicted octanol–water partition coefficient (Wildman–Crippen LogP) is 5.60. The van der Waals surface area contributed by atoms with E-state index in [0.29, 0.717) is 16.9 Å². The summed E-state index contributed by atoms with van der Waals surface area (Å²) in [7, 11) is 1.47. The molecule has 0 saturated heterocycles. The van der Waals surface area contributed by atoms with Gasteiger partial charge in [-0.15, -0.1) is 0 Å². The highest BCUT2D eigenvalue weighted by atomic mass is 16.6. The molecule has 4 atom stereocenters. The van der Waals surface area contributed by atoms with Gasteiger partial charge in [0.2, 0.25) is 17.7 Å². The third kappa shape index (κ3) is 9.03. The molecule has 13 heteroatoms. The van der Waals surface area contributed by atoms with Gasteiger partial charge in [-0.3, -0.25) is 33.8 Å². The van der Waals surface area contributed by atoms with Crippen LogP contribution in [0, 0.1) is 5.41 Å². The molecule has 13 nitrogen and oxygen atoms in total. The number of amides is 6. The van der Waals surface area contributed by atoms with Crippen molar-refractivity contribution in [1.82, 2.24) is 25.3 Å². The highest BCUT2D eigenvalue weighted by Crippen LogP contribution is 2.33. The molecule has 6 rings (SSSR count). The van der Waals surface area contributed by atoms with Crippen LogP contribution in [0.3, 0.4) is 0 Å². The first-order chi connectivity index (χ1) is 27.3. The number of carbonyl (C=O) groups is 6. The molecule has 2 aliphatic heterocycles. The second kappa shape index (κ2) is 16.6. The van der Waals surface area contributed by atoms with E-state index in [1.807, 2.05) is 51.1 Å². The van der Waals surface area contributed by atoms with Crippen LogP contribution in [0.15, 0.2) is 66.7 Å². The monoisotopic (exact) mass is 793 g/mol. The average Bonchev–Trinajstić information content (AvgIpc) is 3.42. The van der Waals surface area contributed by atoms with E-state index in [1.165, 1.54) is 27.3 Å². The van der Waals surface area contributed by atoms with Gasteiger partial charge in [0, 0.05) is 20.0 Å². The van der Waals surface area contributed by atoms with E-state index in [0.717, 1.165) is 36.0 Å². The molecule has 58 heavy (non-hydrogen) atoms. The van der Waals surface area contributed by atoms with Crippen LogP contribution < -0.4 is 15.4 Å². The summed E-state index contributed by atoms with van der Waals surface area (Å²) in [5.74, 6) is -1.54. The van der Waals surface area contributed by atoms with Gasteiger partial charge in [0.1, 0.15) is 36.1 Å². The molecule has 3 aliphatic rings. The first kappa shape index (κ1) is 41.9. The molecule has 0 bridgehead atoms. The van der Waals surface area contributed by atoms with Crippen LogP contribution in [-0.2, 0) is 38.5 Å². The van der Waals surface area contributed by atoms with Crippen molar-refractivity contribution in [2.75, 3.05) is 20.2 Å². The Hall–Kier alpha value is -5.72. The number of hydrogen-bond acceptors (Lipinski definition) is 8. The van der Waals surface area contributed by atoms with Gasteiger partial charge >= 0.3 is 6.09 Å². The Labute approximate surface area is 340 Å². The van der Waals surface area contributed by atoms with E-state index in [9.17, 15) is 28.8 Å². The fourth-order valence-corrected chi connectivity index (χ4v) is 7.73. The van der Waals surface area contributed by atoms with Crippen LogP contribution in [-0.4, -0.2) is 94.3 Å². The molecule has 3 aromatic rings. The Kier molecular flexibility index (Phi) is 12.0. The Morgan fingerprint density at radius 2 is 1.53 bits per heavy atom. The van der Waals surface area contributed by atoms with E-state index in [-0.39, 0.29) is 49.9 Å². The second-order valence-corrected chi connectivity index (χ2v) is 17.5. The number of imide groups is 1. The lowest BCUT2D eigenvalue weighted by Gasteiger charge is -2.42. The van der Waals surface area contributed by atoms with Gasteiger partial charge in [-0.2, -0.15) is 0 Å². The maximum atomic E-state index is 14.9. The van der Waals surface area contributed by atoms with Crippen LogP contribution in [0.5, 0.6) is 5.75 Å². The van der Waals surface area contributed by atoms with Crippen molar-refractivity contribution in [2.24, 2.45) is 5.41 Å². The molecule has 0 saturated carbocycles. The van der Waals surface area contributed by atoms with E-state index in [2.05, 4.69) is 16.7 Å². The van der Waals surface area contributed by atoms with Gasteiger partial charge in [-0.05, 0) is 98.9 Å². The largest absolute Gasteiger partial charge is 0.492 e. The van der Waals surface area contributed by atoms with Crippen LogP contribution >= 0.6 is 0 Å². The summed E-state index contributed by atoms with van der Waals surface area (Å²) >= 11 is 0. The quantitative estimate of drug-likeness (QED) is 0.252. The lowest BCUT2D eigenvalue weighted by molar-refractivity contribution is -0.147. The standard InChI is InChI=1S/C45H55N5O8/c1-27(48(8)43(56)58-45(5,6)7)38(51)47-37(44(2,3)4)42(55)50-26-30-24-31(57-23-22-49-40(53)33-17-11-12-18-34(33)41(49)54)21-20-29(30)25-36(50)39(52)46-35-19-13-15-28-14-9-10-16-32(28)35/h9-12,14,16-18,20-21,24,27,35-37H,13,15,19,22-23,25-26H2,1-8H3,(H,46,52)(H,47,51)/t27-,35?,36?,37+/m0/s1. The summed E-state index contributed by atoms with van der Waals surface area (Å²) in [4.78, 5) is 85.6. The third-order valence-electron chi connectivity index (χ3n) is 11.1. The summed E-state index contributed by atoms with van der Waals surface area (Å²) in [5, 5.41) is 6.17. The lowest BCUT2D eigenvalue weighted by atomic mass is 9.83. The molecular formula is C45H55N5O8. The van der Waals surface area contributed by atoms with Crippen molar-refractivity contribution < 1.29 is 38.2 Å². The molecule has 0 fully saturated rings. The normalized spacial score (nSPS) is 18.6. The Balaban J connectivity index is 1.24. The zero-order chi connectivity index (χ0) is 42.1. The molecule has 3 aromatic carbocycles. The van der Waals surface area contributed by atoms with Crippen LogP contribution in [0.4, 0.5) is 4.79 Å². The number of nitrogens with zero attached hydrogens (tertiary/aromatic N) is 3. The molecule has 0 spiro atoms.